The predicted octanol–water partition coefficient (Wildman–Crippen LogP) is 2.40. The van der Waals surface area contributed by atoms with E-state index in [9.17, 15) is 18.3 Å². The van der Waals surface area contributed by atoms with Gasteiger partial charge in [-0.2, -0.15) is 13.2 Å². The minimum Gasteiger partial charge on any atom is -0.386 e. The van der Waals surface area contributed by atoms with Crippen LogP contribution in [-0.2, 0) is 15.7 Å². The summed E-state index contributed by atoms with van der Waals surface area (Å²) in [6, 6.07) is 4.91. The second kappa shape index (κ2) is 6.72. The first-order valence-corrected chi connectivity index (χ1v) is 5.37. The number of hydrogen-bond acceptors (Lipinski definition) is 3. The molecule has 0 heterocycles. The monoisotopic (exact) mass is 264 g/mol. The number of alkyl halides is 3. The lowest BCUT2D eigenvalue weighted by Gasteiger charge is -2.17. The van der Waals surface area contributed by atoms with Crippen molar-refractivity contribution >= 4 is 0 Å². The summed E-state index contributed by atoms with van der Waals surface area (Å²) in [6.45, 7) is 0.353. The topological polar surface area (TPSA) is 38.7 Å². The average Bonchev–Trinajstić information content (AvgIpc) is 2.33. The molecule has 0 saturated carbocycles. The second-order valence-electron chi connectivity index (χ2n) is 3.67. The van der Waals surface area contributed by atoms with Gasteiger partial charge in [0.15, 0.2) is 0 Å². The maximum atomic E-state index is 12.7. The summed E-state index contributed by atoms with van der Waals surface area (Å²) in [6.07, 6.45) is -5.79. The summed E-state index contributed by atoms with van der Waals surface area (Å²) in [4.78, 5) is 0. The van der Waals surface area contributed by atoms with Gasteiger partial charge in [-0.1, -0.05) is 18.2 Å². The standard InChI is InChI=1S/C12H15F3O3/c1-17-6-7-18-8-11(16)9-4-2-3-5-10(9)12(13,14)15/h2-5,11,16H,6-8H2,1H3. The van der Waals surface area contributed by atoms with Gasteiger partial charge in [-0.05, 0) is 11.6 Å². The summed E-state index contributed by atoms with van der Waals surface area (Å²) in [5.41, 5.74) is -1.02. The molecule has 0 saturated heterocycles. The van der Waals surface area contributed by atoms with Crippen LogP contribution in [0.3, 0.4) is 0 Å². The molecule has 1 rings (SSSR count). The van der Waals surface area contributed by atoms with Crippen LogP contribution in [0.1, 0.15) is 17.2 Å². The van der Waals surface area contributed by atoms with Gasteiger partial charge >= 0.3 is 6.18 Å². The Morgan fingerprint density at radius 2 is 1.89 bits per heavy atom. The first-order chi connectivity index (χ1) is 8.46. The molecule has 102 valence electrons. The van der Waals surface area contributed by atoms with Crippen LogP contribution < -0.4 is 0 Å². The van der Waals surface area contributed by atoms with E-state index in [1.54, 1.807) is 0 Å². The van der Waals surface area contributed by atoms with E-state index in [1.165, 1.54) is 25.3 Å². The lowest BCUT2D eigenvalue weighted by atomic mass is 10.0. The van der Waals surface area contributed by atoms with Gasteiger partial charge in [-0.15, -0.1) is 0 Å². The van der Waals surface area contributed by atoms with Crippen molar-refractivity contribution < 1.29 is 27.8 Å². The van der Waals surface area contributed by atoms with Gasteiger partial charge in [0, 0.05) is 7.11 Å². The Bertz CT molecular complexity index is 366. The van der Waals surface area contributed by atoms with Crippen molar-refractivity contribution in [2.24, 2.45) is 0 Å². The van der Waals surface area contributed by atoms with Gasteiger partial charge < -0.3 is 14.6 Å². The van der Waals surface area contributed by atoms with Crippen LogP contribution >= 0.6 is 0 Å². The van der Waals surface area contributed by atoms with Gasteiger partial charge in [0.25, 0.3) is 0 Å². The van der Waals surface area contributed by atoms with Crippen LogP contribution in [-0.4, -0.2) is 32.0 Å². The molecule has 0 aromatic heterocycles. The predicted molar refractivity (Wildman–Crippen MR) is 59.1 cm³/mol. The van der Waals surface area contributed by atoms with Crippen LogP contribution in [0.4, 0.5) is 13.2 Å². The molecule has 0 aliphatic heterocycles. The van der Waals surface area contributed by atoms with Gasteiger partial charge in [-0.25, -0.2) is 0 Å². The largest absolute Gasteiger partial charge is 0.416 e. The molecular weight excluding hydrogens is 249 g/mol. The number of hydrogen-bond donors (Lipinski definition) is 1. The van der Waals surface area contributed by atoms with Gasteiger partial charge in [0.05, 0.1) is 25.4 Å². The number of halogens is 3. The van der Waals surface area contributed by atoms with Crippen molar-refractivity contribution in [2.45, 2.75) is 12.3 Å². The molecule has 1 unspecified atom stereocenters. The molecule has 1 N–H and O–H groups in total. The highest BCUT2D eigenvalue weighted by Crippen LogP contribution is 2.34. The van der Waals surface area contributed by atoms with E-state index in [0.717, 1.165) is 6.07 Å². The third kappa shape index (κ3) is 4.29. The normalized spacial score (nSPS) is 13.6. The zero-order chi connectivity index (χ0) is 13.6. The minimum atomic E-state index is -4.48. The maximum absolute atomic E-state index is 12.7. The molecule has 1 aromatic carbocycles. The Morgan fingerprint density at radius 3 is 2.50 bits per heavy atom. The van der Waals surface area contributed by atoms with Gasteiger partial charge in [-0.3, -0.25) is 0 Å². The second-order valence-corrected chi connectivity index (χ2v) is 3.67. The van der Waals surface area contributed by atoms with Crippen molar-refractivity contribution in [3.05, 3.63) is 35.4 Å². The van der Waals surface area contributed by atoms with E-state index >= 15 is 0 Å². The Labute approximate surface area is 103 Å². The summed E-state index contributed by atoms with van der Waals surface area (Å²) >= 11 is 0. The third-order valence-corrected chi connectivity index (χ3v) is 2.33. The lowest BCUT2D eigenvalue weighted by molar-refractivity contribution is -0.139. The van der Waals surface area contributed by atoms with Crippen LogP contribution in [0.2, 0.25) is 0 Å². The molecule has 1 atom stereocenters. The highest BCUT2D eigenvalue weighted by Gasteiger charge is 2.34. The van der Waals surface area contributed by atoms with Crippen molar-refractivity contribution in [1.82, 2.24) is 0 Å². The van der Waals surface area contributed by atoms with E-state index in [1.807, 2.05) is 0 Å². The maximum Gasteiger partial charge on any atom is 0.416 e. The lowest BCUT2D eigenvalue weighted by Crippen LogP contribution is -2.16. The third-order valence-electron chi connectivity index (χ3n) is 2.33. The number of aliphatic hydroxyl groups excluding tert-OH is 1. The molecule has 0 fully saturated rings. The molecule has 3 nitrogen and oxygen atoms in total. The average molecular weight is 264 g/mol. The SMILES string of the molecule is COCCOCC(O)c1ccccc1C(F)(F)F. The van der Waals surface area contributed by atoms with Crippen LogP contribution in [0.5, 0.6) is 0 Å². The number of aliphatic hydroxyl groups is 1. The Balaban J connectivity index is 2.70. The summed E-state index contributed by atoms with van der Waals surface area (Å²) in [5.74, 6) is 0. The number of ether oxygens (including phenoxy) is 2. The molecule has 1 aromatic rings. The molecule has 18 heavy (non-hydrogen) atoms. The zero-order valence-electron chi connectivity index (χ0n) is 9.91. The van der Waals surface area contributed by atoms with E-state index in [4.69, 9.17) is 9.47 Å². The molecule has 0 spiro atoms. The fourth-order valence-corrected chi connectivity index (χ4v) is 1.47. The first-order valence-electron chi connectivity index (χ1n) is 5.37. The summed E-state index contributed by atoms with van der Waals surface area (Å²) < 4.78 is 47.8. The van der Waals surface area contributed by atoms with Crippen molar-refractivity contribution in [1.29, 1.82) is 0 Å². The van der Waals surface area contributed by atoms with E-state index in [2.05, 4.69) is 0 Å². The Morgan fingerprint density at radius 1 is 1.22 bits per heavy atom. The van der Waals surface area contributed by atoms with E-state index < -0.39 is 17.8 Å². The van der Waals surface area contributed by atoms with Gasteiger partial charge in [0.2, 0.25) is 0 Å². The molecular formula is C12H15F3O3. The molecule has 0 aliphatic carbocycles. The minimum absolute atomic E-state index is 0.178. The summed E-state index contributed by atoms with van der Waals surface area (Å²) in [5, 5.41) is 9.70. The van der Waals surface area contributed by atoms with Crippen LogP contribution in [0.15, 0.2) is 24.3 Å². The molecule has 0 aliphatic rings. The Hall–Kier alpha value is -1.11. The van der Waals surface area contributed by atoms with E-state index in [0.29, 0.717) is 6.61 Å². The smallest absolute Gasteiger partial charge is 0.386 e. The van der Waals surface area contributed by atoms with Crippen LogP contribution in [0.25, 0.3) is 0 Å². The quantitative estimate of drug-likeness (QED) is 0.802. The highest BCUT2D eigenvalue weighted by atomic mass is 19.4. The fraction of sp³-hybridized carbons (Fsp3) is 0.500. The Kier molecular flexibility index (Phi) is 5.58. The number of benzene rings is 1. The first kappa shape index (κ1) is 14.9. The van der Waals surface area contributed by atoms with Crippen molar-refractivity contribution in [3.63, 3.8) is 0 Å². The van der Waals surface area contributed by atoms with Crippen molar-refractivity contribution in [3.8, 4) is 0 Å². The fourth-order valence-electron chi connectivity index (χ4n) is 1.47. The van der Waals surface area contributed by atoms with E-state index in [-0.39, 0.29) is 18.8 Å². The number of rotatable bonds is 6. The molecule has 0 amide bonds. The zero-order valence-corrected chi connectivity index (χ0v) is 9.91. The van der Waals surface area contributed by atoms with Gasteiger partial charge in [0.1, 0.15) is 6.10 Å². The summed E-state index contributed by atoms with van der Waals surface area (Å²) in [7, 11) is 1.48. The molecule has 6 heteroatoms. The highest BCUT2D eigenvalue weighted by molar-refractivity contribution is 5.31. The molecule has 0 radical (unpaired) electrons. The van der Waals surface area contributed by atoms with Crippen LogP contribution in [0, 0.1) is 0 Å². The van der Waals surface area contributed by atoms with Crippen molar-refractivity contribution in [2.75, 3.05) is 26.9 Å². The number of methoxy groups -OCH3 is 1. The molecule has 0 bridgehead atoms.